The Morgan fingerprint density at radius 3 is 2.64 bits per heavy atom. The van der Waals surface area contributed by atoms with Gasteiger partial charge in [0.2, 0.25) is 0 Å². The molecular weight excluding hydrogens is 390 g/mol. The molecule has 0 radical (unpaired) electrons. The smallest absolute Gasteiger partial charge is 0.266 e. The summed E-state index contributed by atoms with van der Waals surface area (Å²) in [6.45, 7) is 0.539. The minimum absolute atomic E-state index is 0.0847. The van der Waals surface area contributed by atoms with E-state index in [-0.39, 0.29) is 5.91 Å². The van der Waals surface area contributed by atoms with Gasteiger partial charge in [-0.3, -0.25) is 14.7 Å². The Kier molecular flexibility index (Phi) is 5.36. The van der Waals surface area contributed by atoms with E-state index in [1.807, 2.05) is 48.5 Å². The predicted octanol–water partition coefficient (Wildman–Crippen LogP) is 4.08. The van der Waals surface area contributed by atoms with Gasteiger partial charge in [-0.15, -0.1) is 0 Å². The van der Waals surface area contributed by atoms with Gasteiger partial charge in [0.25, 0.3) is 5.91 Å². The predicted molar refractivity (Wildman–Crippen MR) is 116 cm³/mol. The quantitative estimate of drug-likeness (QED) is 0.469. The lowest BCUT2D eigenvalue weighted by Gasteiger charge is -2.14. The molecule has 0 aliphatic carbocycles. The lowest BCUT2D eigenvalue weighted by Crippen LogP contribution is -2.30. The lowest BCUT2D eigenvalue weighted by atomic mass is 10.1. The van der Waals surface area contributed by atoms with Crippen LogP contribution in [0.25, 0.3) is 17.1 Å². The topological polar surface area (TPSA) is 55.3 Å². The second kappa shape index (κ2) is 8.08. The normalized spacial score (nSPS) is 15.6. The first kappa shape index (κ1) is 18.6. The summed E-state index contributed by atoms with van der Waals surface area (Å²) >= 11 is 6.72. The Bertz CT molecular complexity index is 1080. The molecule has 28 heavy (non-hydrogen) atoms. The van der Waals surface area contributed by atoms with Gasteiger partial charge >= 0.3 is 0 Å². The van der Waals surface area contributed by atoms with E-state index in [1.165, 1.54) is 11.8 Å². The van der Waals surface area contributed by atoms with Crippen LogP contribution in [-0.2, 0) is 11.2 Å². The van der Waals surface area contributed by atoms with Gasteiger partial charge in [-0.2, -0.15) is 0 Å². The number of fused-ring (bicyclic) bond motifs is 1. The van der Waals surface area contributed by atoms with Crippen LogP contribution in [0.2, 0.25) is 0 Å². The number of hydrogen-bond donors (Lipinski definition) is 0. The zero-order valence-corrected chi connectivity index (χ0v) is 16.8. The molecule has 1 amide bonds. The molecule has 0 bridgehead atoms. The number of ether oxygens (including phenoxy) is 1. The molecule has 0 N–H and O–H groups in total. The van der Waals surface area contributed by atoms with E-state index < -0.39 is 0 Å². The molecule has 1 saturated heterocycles. The molecular formula is C21H17N3O2S2. The second-order valence-electron chi connectivity index (χ2n) is 6.22. The second-order valence-corrected chi connectivity index (χ2v) is 7.89. The van der Waals surface area contributed by atoms with Gasteiger partial charge in [0, 0.05) is 6.54 Å². The summed E-state index contributed by atoms with van der Waals surface area (Å²) in [7, 11) is 1.64. The van der Waals surface area contributed by atoms with E-state index in [0.29, 0.717) is 21.5 Å². The van der Waals surface area contributed by atoms with Gasteiger partial charge in [-0.1, -0.05) is 48.2 Å². The van der Waals surface area contributed by atoms with Crippen LogP contribution in [0.15, 0.2) is 59.6 Å². The van der Waals surface area contributed by atoms with Crippen LogP contribution < -0.4 is 4.74 Å². The number of methoxy groups -OCH3 is 1. The SMILES string of the molecule is COc1ccc(CCN2C(=O)/C(=C/c3cnc4ccccc4n3)SC2=S)cc1. The molecule has 0 unspecified atom stereocenters. The fourth-order valence-corrected chi connectivity index (χ4v) is 4.19. The van der Waals surface area contributed by atoms with Crippen molar-refractivity contribution < 1.29 is 9.53 Å². The summed E-state index contributed by atoms with van der Waals surface area (Å²) in [6.07, 6.45) is 4.15. The van der Waals surface area contributed by atoms with Crippen LogP contribution in [0.4, 0.5) is 0 Å². The van der Waals surface area contributed by atoms with E-state index in [1.54, 1.807) is 24.3 Å². The Labute approximate surface area is 172 Å². The molecule has 0 spiro atoms. The Morgan fingerprint density at radius 2 is 1.89 bits per heavy atom. The third-order valence-electron chi connectivity index (χ3n) is 4.40. The van der Waals surface area contributed by atoms with E-state index >= 15 is 0 Å². The van der Waals surface area contributed by atoms with Crippen molar-refractivity contribution in [1.29, 1.82) is 0 Å². The summed E-state index contributed by atoms with van der Waals surface area (Å²) < 4.78 is 5.74. The summed E-state index contributed by atoms with van der Waals surface area (Å²) in [5.41, 5.74) is 3.39. The largest absolute Gasteiger partial charge is 0.497 e. The van der Waals surface area contributed by atoms with Crippen LogP contribution in [0.1, 0.15) is 11.3 Å². The molecule has 1 aromatic heterocycles. The fraction of sp³-hybridized carbons (Fsp3) is 0.143. The number of carbonyl (C=O) groups excluding carboxylic acids is 1. The maximum Gasteiger partial charge on any atom is 0.266 e. The average Bonchev–Trinajstić information content (AvgIpc) is 2.99. The van der Waals surface area contributed by atoms with Gasteiger partial charge in [0.15, 0.2) is 0 Å². The number of benzene rings is 2. The van der Waals surface area contributed by atoms with E-state index in [9.17, 15) is 4.79 Å². The molecule has 3 aromatic rings. The number of amides is 1. The number of thioether (sulfide) groups is 1. The summed E-state index contributed by atoms with van der Waals surface area (Å²) in [5, 5.41) is 0. The molecule has 140 valence electrons. The van der Waals surface area contributed by atoms with Crippen molar-refractivity contribution in [1.82, 2.24) is 14.9 Å². The van der Waals surface area contributed by atoms with Crippen LogP contribution in [0.5, 0.6) is 5.75 Å². The van der Waals surface area contributed by atoms with E-state index in [0.717, 1.165) is 28.8 Å². The summed E-state index contributed by atoms with van der Waals surface area (Å²) in [5.74, 6) is 0.729. The molecule has 1 aliphatic heterocycles. The molecule has 7 heteroatoms. The molecule has 4 rings (SSSR count). The summed E-state index contributed by atoms with van der Waals surface area (Å²) in [4.78, 5) is 24.0. The van der Waals surface area contributed by atoms with Crippen molar-refractivity contribution in [2.24, 2.45) is 0 Å². The van der Waals surface area contributed by atoms with Gasteiger partial charge in [-0.05, 0) is 42.3 Å². The van der Waals surface area contributed by atoms with Crippen LogP contribution in [0.3, 0.4) is 0 Å². The Morgan fingerprint density at radius 1 is 1.14 bits per heavy atom. The highest BCUT2D eigenvalue weighted by Gasteiger charge is 2.31. The first-order valence-electron chi connectivity index (χ1n) is 8.74. The van der Waals surface area contributed by atoms with Crippen molar-refractivity contribution in [3.63, 3.8) is 0 Å². The molecule has 5 nitrogen and oxygen atoms in total. The van der Waals surface area contributed by atoms with E-state index in [2.05, 4.69) is 9.97 Å². The molecule has 0 atom stereocenters. The maximum absolute atomic E-state index is 12.8. The Balaban J connectivity index is 1.48. The van der Waals surface area contributed by atoms with Crippen LogP contribution >= 0.6 is 24.0 Å². The number of nitrogens with zero attached hydrogens (tertiary/aromatic N) is 3. The van der Waals surface area contributed by atoms with Gasteiger partial charge in [0.05, 0.1) is 34.9 Å². The first-order chi connectivity index (χ1) is 13.6. The zero-order valence-electron chi connectivity index (χ0n) is 15.2. The number of hydrogen-bond acceptors (Lipinski definition) is 6. The molecule has 2 heterocycles. The van der Waals surface area contributed by atoms with Crippen LogP contribution in [0, 0.1) is 0 Å². The van der Waals surface area contributed by atoms with Crippen LogP contribution in [-0.4, -0.2) is 38.8 Å². The average molecular weight is 408 g/mol. The minimum Gasteiger partial charge on any atom is -0.497 e. The van der Waals surface area contributed by atoms with Gasteiger partial charge in [-0.25, -0.2) is 4.98 Å². The van der Waals surface area contributed by atoms with E-state index in [4.69, 9.17) is 17.0 Å². The Hall–Kier alpha value is -2.77. The van der Waals surface area contributed by atoms with Gasteiger partial charge < -0.3 is 4.74 Å². The van der Waals surface area contributed by atoms with Gasteiger partial charge in [0.1, 0.15) is 10.1 Å². The number of carbonyl (C=O) groups is 1. The number of thiocarbonyl (C=S) groups is 1. The maximum atomic E-state index is 12.8. The monoisotopic (exact) mass is 407 g/mol. The molecule has 0 saturated carbocycles. The van der Waals surface area contributed by atoms with Crippen molar-refractivity contribution >= 4 is 51.3 Å². The third kappa shape index (κ3) is 3.90. The highest BCUT2D eigenvalue weighted by Crippen LogP contribution is 2.32. The molecule has 1 fully saturated rings. The molecule has 1 aliphatic rings. The summed E-state index contributed by atoms with van der Waals surface area (Å²) in [6, 6.07) is 15.5. The number of rotatable bonds is 5. The molecule has 2 aromatic carbocycles. The minimum atomic E-state index is -0.0847. The lowest BCUT2D eigenvalue weighted by molar-refractivity contribution is -0.122. The number of para-hydroxylation sites is 2. The zero-order chi connectivity index (χ0) is 19.5. The van der Waals surface area contributed by atoms with Crippen molar-refractivity contribution in [3.8, 4) is 5.75 Å². The standard InChI is InChI=1S/C21H17N3O2S2/c1-26-16-8-6-14(7-9-16)10-11-24-20(25)19(28-21(24)27)12-15-13-22-17-4-2-3-5-18(17)23-15/h2-9,12-13H,10-11H2,1H3/b19-12-. The van der Waals surface area contributed by atoms with Crippen molar-refractivity contribution in [2.45, 2.75) is 6.42 Å². The highest BCUT2D eigenvalue weighted by atomic mass is 32.2. The fourth-order valence-electron chi connectivity index (χ4n) is 2.90. The first-order valence-corrected chi connectivity index (χ1v) is 9.96. The van der Waals surface area contributed by atoms with Crippen molar-refractivity contribution in [3.05, 3.63) is 70.9 Å². The highest BCUT2D eigenvalue weighted by molar-refractivity contribution is 8.26. The van der Waals surface area contributed by atoms with Crippen molar-refractivity contribution in [2.75, 3.05) is 13.7 Å². The third-order valence-corrected chi connectivity index (χ3v) is 5.78. The number of aromatic nitrogens is 2.